The number of ether oxygens (including phenoxy) is 2. The summed E-state index contributed by atoms with van der Waals surface area (Å²) in [5.41, 5.74) is 11.6. The van der Waals surface area contributed by atoms with Crippen LogP contribution in [0.3, 0.4) is 0 Å². The number of methoxy groups -OCH3 is 2. The van der Waals surface area contributed by atoms with Gasteiger partial charge in [-0.25, -0.2) is 19.6 Å². The standard InChI is InChI=1S/C50H58N8O6/c1-25(2)43(55-49(61)63-5)47(59)57-19-7-8-38(57)46-52-35-18-15-29(21-36(35)53-46)34-17-16-33(41-30-13-14-31(20-30)42(34)41)27-9-11-28(12-10-27)37-24-51-45(54-37)40-23-32-22-39(32)58(40)48(60)44(26(3)4)56-50(62)64-6/h9-12,15-18,21,24-26,30-32,38-40,43-44H,7-8,13-14,19-20,22-23H2,1-6H3,(H,51,54)(H,52,53)(H,55,61)(H,56,62)/t30?,31?,32?,38-,39?,40-,43-,44-/m0/s1. The van der Waals surface area contributed by atoms with Gasteiger partial charge in [-0.2, -0.15) is 0 Å². The van der Waals surface area contributed by atoms with E-state index in [1.54, 1.807) is 0 Å². The molecule has 4 heterocycles. The number of carbonyl (C=O) groups excluding carboxylic acids is 4. The highest BCUT2D eigenvalue weighted by atomic mass is 16.5. The van der Waals surface area contributed by atoms with Crippen LogP contribution in [0.1, 0.15) is 119 Å². The Hall–Kier alpha value is -6.18. The molecule has 4 amide bonds. The first-order valence-electron chi connectivity index (χ1n) is 23.1. The van der Waals surface area contributed by atoms with Crippen LogP contribution in [-0.2, 0) is 19.1 Å². The predicted octanol–water partition coefficient (Wildman–Crippen LogP) is 8.74. The molecule has 4 unspecified atom stereocenters. The molecule has 2 aromatic heterocycles. The molecule has 10 rings (SSSR count). The van der Waals surface area contributed by atoms with E-state index < -0.39 is 24.3 Å². The quantitative estimate of drug-likeness (QED) is 0.102. The zero-order chi connectivity index (χ0) is 44.6. The van der Waals surface area contributed by atoms with Gasteiger partial charge < -0.3 is 39.9 Å². The van der Waals surface area contributed by atoms with E-state index in [0.29, 0.717) is 24.3 Å². The van der Waals surface area contributed by atoms with Crippen LogP contribution < -0.4 is 10.6 Å². The number of imidazole rings is 2. The molecule has 2 aliphatic heterocycles. The molecule has 0 spiro atoms. The maximum Gasteiger partial charge on any atom is 0.407 e. The Morgan fingerprint density at radius 1 is 0.703 bits per heavy atom. The van der Waals surface area contributed by atoms with Crippen molar-refractivity contribution in [3.05, 3.63) is 83.6 Å². The molecule has 64 heavy (non-hydrogen) atoms. The molecule has 14 heteroatoms. The van der Waals surface area contributed by atoms with Gasteiger partial charge >= 0.3 is 12.2 Å². The van der Waals surface area contributed by atoms with Crippen LogP contribution in [0.5, 0.6) is 0 Å². The monoisotopic (exact) mass is 866 g/mol. The van der Waals surface area contributed by atoms with Gasteiger partial charge in [0.05, 0.1) is 49.2 Å². The average molecular weight is 867 g/mol. The lowest BCUT2D eigenvalue weighted by Gasteiger charge is -2.31. The minimum Gasteiger partial charge on any atom is -0.453 e. The number of benzene rings is 3. The molecule has 4 N–H and O–H groups in total. The van der Waals surface area contributed by atoms with Crippen molar-refractivity contribution >= 4 is 35.0 Å². The number of aromatic nitrogens is 4. The molecular weight excluding hydrogens is 809 g/mol. The molecule has 8 atom stereocenters. The highest BCUT2D eigenvalue weighted by Crippen LogP contribution is 2.58. The third-order valence-electron chi connectivity index (χ3n) is 14.8. The minimum atomic E-state index is -0.686. The Kier molecular flexibility index (Phi) is 10.7. The predicted molar refractivity (Wildman–Crippen MR) is 242 cm³/mol. The number of hydrogen-bond donors (Lipinski definition) is 4. The highest BCUT2D eigenvalue weighted by Gasteiger charge is 2.56. The number of fused-ring (bicyclic) bond motifs is 7. The molecule has 3 aliphatic carbocycles. The fourth-order valence-electron chi connectivity index (χ4n) is 11.4. The van der Waals surface area contributed by atoms with E-state index >= 15 is 0 Å². The van der Waals surface area contributed by atoms with Crippen molar-refractivity contribution in [3.8, 4) is 33.5 Å². The van der Waals surface area contributed by atoms with E-state index in [1.165, 1.54) is 61.3 Å². The number of carbonyl (C=O) groups is 4. The van der Waals surface area contributed by atoms with Crippen molar-refractivity contribution in [3.63, 3.8) is 0 Å². The number of aromatic amines is 2. The number of amides is 4. The SMILES string of the molecule is COC(=O)N[C@H](C(=O)N1CCC[C@H]1c1nc2ccc(-c3ccc(-c4ccc(-c5cnc([C@@H]6CC7CC7N6C(=O)[C@@H](NC(=O)OC)C(C)C)[nH]5)cc4)c4c3C3CCC4C3)cc2[nH]1)C(C)C. The number of nitrogens with one attached hydrogen (secondary N) is 4. The molecule has 0 radical (unpaired) electrons. The Balaban J connectivity index is 0.889. The molecule has 4 fully saturated rings. The third-order valence-corrected chi connectivity index (χ3v) is 14.8. The first kappa shape index (κ1) is 41.8. The Morgan fingerprint density at radius 3 is 1.98 bits per heavy atom. The van der Waals surface area contributed by atoms with Crippen LogP contribution >= 0.6 is 0 Å². The summed E-state index contributed by atoms with van der Waals surface area (Å²) in [6, 6.07) is 18.3. The summed E-state index contributed by atoms with van der Waals surface area (Å²) in [6.45, 7) is 8.32. The fraction of sp³-hybridized carbons (Fsp3) is 0.480. The Morgan fingerprint density at radius 2 is 1.33 bits per heavy atom. The van der Waals surface area contributed by atoms with Crippen molar-refractivity contribution in [2.45, 2.75) is 115 Å². The van der Waals surface area contributed by atoms with Crippen molar-refractivity contribution in [2.75, 3.05) is 20.8 Å². The van der Waals surface area contributed by atoms with Gasteiger partial charge in [-0.05, 0) is 126 Å². The zero-order valence-electron chi connectivity index (χ0n) is 37.4. The molecule has 2 saturated heterocycles. The summed E-state index contributed by atoms with van der Waals surface area (Å²) in [7, 11) is 2.62. The lowest BCUT2D eigenvalue weighted by atomic mass is 9.81. The summed E-state index contributed by atoms with van der Waals surface area (Å²) in [5.74, 6) is 2.64. The van der Waals surface area contributed by atoms with Gasteiger partial charge in [0.2, 0.25) is 11.8 Å². The summed E-state index contributed by atoms with van der Waals surface area (Å²) in [5, 5.41) is 5.50. The first-order chi connectivity index (χ1) is 30.9. The largest absolute Gasteiger partial charge is 0.453 e. The maximum atomic E-state index is 13.9. The molecule has 3 aromatic carbocycles. The molecule has 5 aliphatic rings. The fourth-order valence-corrected chi connectivity index (χ4v) is 11.4. The van der Waals surface area contributed by atoms with Crippen LogP contribution in [0.4, 0.5) is 9.59 Å². The molecule has 14 nitrogen and oxygen atoms in total. The Bertz CT molecular complexity index is 2630. The number of nitrogens with zero attached hydrogens (tertiary/aromatic N) is 4. The lowest BCUT2D eigenvalue weighted by molar-refractivity contribution is -0.137. The second kappa shape index (κ2) is 16.4. The molecule has 334 valence electrons. The smallest absolute Gasteiger partial charge is 0.407 e. The van der Waals surface area contributed by atoms with Gasteiger partial charge in [-0.15, -0.1) is 0 Å². The number of H-pyrrole nitrogens is 2. The summed E-state index contributed by atoms with van der Waals surface area (Å²) in [6.07, 6.45) is 7.72. The molecule has 5 aromatic rings. The van der Waals surface area contributed by atoms with Gasteiger partial charge in [0, 0.05) is 12.6 Å². The number of hydrogen-bond acceptors (Lipinski definition) is 8. The van der Waals surface area contributed by atoms with E-state index in [1.807, 2.05) is 43.7 Å². The maximum absolute atomic E-state index is 13.9. The van der Waals surface area contributed by atoms with Gasteiger partial charge in [0.1, 0.15) is 23.7 Å². The van der Waals surface area contributed by atoms with Crippen molar-refractivity contribution in [2.24, 2.45) is 17.8 Å². The second-order valence-electron chi connectivity index (χ2n) is 19.3. The zero-order valence-corrected chi connectivity index (χ0v) is 37.4. The van der Waals surface area contributed by atoms with Crippen LogP contribution in [-0.4, -0.2) is 92.6 Å². The topological polar surface area (TPSA) is 175 Å². The van der Waals surface area contributed by atoms with Gasteiger partial charge in [-0.3, -0.25) is 9.59 Å². The summed E-state index contributed by atoms with van der Waals surface area (Å²) in [4.78, 5) is 72.7. The minimum absolute atomic E-state index is 0.0881. The number of likely N-dealkylation sites (tertiary alicyclic amines) is 2. The second-order valence-corrected chi connectivity index (χ2v) is 19.3. The van der Waals surface area contributed by atoms with Crippen LogP contribution in [0, 0.1) is 17.8 Å². The van der Waals surface area contributed by atoms with E-state index in [-0.39, 0.29) is 41.8 Å². The first-order valence-corrected chi connectivity index (χ1v) is 23.1. The molecular formula is C50H58N8O6. The number of alkyl carbamates (subject to hydrolysis) is 2. The average Bonchev–Trinajstić information content (AvgIpc) is 4.04. The van der Waals surface area contributed by atoms with E-state index in [2.05, 4.69) is 75.2 Å². The van der Waals surface area contributed by atoms with Gasteiger partial charge in [0.25, 0.3) is 0 Å². The molecule has 2 bridgehead atoms. The van der Waals surface area contributed by atoms with Crippen LogP contribution in [0.25, 0.3) is 44.5 Å². The van der Waals surface area contributed by atoms with Crippen molar-refractivity contribution in [1.82, 2.24) is 40.4 Å². The van der Waals surface area contributed by atoms with Crippen molar-refractivity contribution in [1.29, 1.82) is 0 Å². The van der Waals surface area contributed by atoms with E-state index in [4.69, 9.17) is 19.4 Å². The highest BCUT2D eigenvalue weighted by molar-refractivity contribution is 5.89. The molecule has 2 saturated carbocycles. The van der Waals surface area contributed by atoms with E-state index in [9.17, 15) is 19.2 Å². The normalized spacial score (nSPS) is 23.9. The Labute approximate surface area is 373 Å². The summed E-state index contributed by atoms with van der Waals surface area (Å²) < 4.78 is 9.65. The van der Waals surface area contributed by atoms with Gasteiger partial charge in [-0.1, -0.05) is 70.2 Å². The van der Waals surface area contributed by atoms with Crippen LogP contribution in [0.2, 0.25) is 0 Å². The van der Waals surface area contributed by atoms with Gasteiger partial charge in [0.15, 0.2) is 0 Å². The lowest BCUT2D eigenvalue weighted by Crippen LogP contribution is -2.52. The number of rotatable bonds is 11. The van der Waals surface area contributed by atoms with Crippen molar-refractivity contribution < 1.29 is 28.7 Å². The van der Waals surface area contributed by atoms with Crippen LogP contribution in [0.15, 0.2) is 60.8 Å². The number of piperidine rings is 1. The third kappa shape index (κ3) is 7.28. The van der Waals surface area contributed by atoms with E-state index in [0.717, 1.165) is 65.2 Å². The summed E-state index contributed by atoms with van der Waals surface area (Å²) >= 11 is 0.